The number of carbonyl (C=O) groups excluding carboxylic acids is 1. The highest BCUT2D eigenvalue weighted by Gasteiger charge is 2.12. The van der Waals surface area contributed by atoms with Crippen LogP contribution in [-0.4, -0.2) is 27.2 Å². The summed E-state index contributed by atoms with van der Waals surface area (Å²) >= 11 is 5.24. The van der Waals surface area contributed by atoms with E-state index >= 15 is 0 Å². The molecule has 0 saturated carbocycles. The Labute approximate surface area is 135 Å². The summed E-state index contributed by atoms with van der Waals surface area (Å²) in [5.74, 6) is 1.20. The Morgan fingerprint density at radius 2 is 2.05 bits per heavy atom. The summed E-state index contributed by atoms with van der Waals surface area (Å²) in [5.41, 5.74) is 2.11. The molecular weight excluding hydrogens is 296 g/mol. The number of rotatable bonds is 6. The number of nitrogens with one attached hydrogen (secondary N) is 2. The topological polar surface area (TPSA) is 62.7 Å². The Hall–Kier alpha value is -1.95. The Kier molecular flexibility index (Phi) is 5.49. The van der Waals surface area contributed by atoms with Gasteiger partial charge in [0.05, 0.1) is 0 Å². The van der Waals surface area contributed by atoms with E-state index in [2.05, 4.69) is 29.4 Å². The molecule has 0 saturated heterocycles. The molecule has 1 aromatic heterocycles. The van der Waals surface area contributed by atoms with Crippen molar-refractivity contribution in [3.63, 3.8) is 0 Å². The summed E-state index contributed by atoms with van der Waals surface area (Å²) < 4.78 is 2.18. The molecule has 2 N–H and O–H groups in total. The van der Waals surface area contributed by atoms with E-state index in [4.69, 9.17) is 12.2 Å². The zero-order valence-electron chi connectivity index (χ0n) is 13.2. The average Bonchev–Trinajstić information content (AvgIpc) is 2.81. The maximum absolute atomic E-state index is 12.1. The zero-order chi connectivity index (χ0) is 16.1. The molecule has 0 unspecified atom stereocenters. The Bertz CT molecular complexity index is 685. The summed E-state index contributed by atoms with van der Waals surface area (Å²) in [4.78, 5) is 12.1. The number of H-pyrrole nitrogens is 1. The predicted molar refractivity (Wildman–Crippen MR) is 90.0 cm³/mol. The standard InChI is InChI=1S/C16H22N4OS/c1-11(2)8-9-17-14(21)10-20-15(18-19-16(20)22)13-6-4-12(3)5-7-13/h4-7,11H,8-10H2,1-3H3,(H,17,21)(H,19,22). The van der Waals surface area contributed by atoms with E-state index < -0.39 is 0 Å². The summed E-state index contributed by atoms with van der Waals surface area (Å²) in [6.07, 6.45) is 0.966. The summed E-state index contributed by atoms with van der Waals surface area (Å²) in [6, 6.07) is 7.99. The molecule has 2 rings (SSSR count). The fourth-order valence-electron chi connectivity index (χ4n) is 2.09. The van der Waals surface area contributed by atoms with Crippen molar-refractivity contribution in [3.05, 3.63) is 34.6 Å². The van der Waals surface area contributed by atoms with E-state index in [0.29, 0.717) is 23.1 Å². The van der Waals surface area contributed by atoms with Crippen LogP contribution in [0.1, 0.15) is 25.8 Å². The van der Waals surface area contributed by atoms with Crippen molar-refractivity contribution in [2.45, 2.75) is 33.7 Å². The van der Waals surface area contributed by atoms with Crippen LogP contribution < -0.4 is 5.32 Å². The second kappa shape index (κ2) is 7.35. The highest BCUT2D eigenvalue weighted by atomic mass is 32.1. The summed E-state index contributed by atoms with van der Waals surface area (Å²) in [7, 11) is 0. The number of amides is 1. The number of nitrogens with zero attached hydrogens (tertiary/aromatic N) is 2. The van der Waals surface area contributed by atoms with Gasteiger partial charge in [0.2, 0.25) is 5.91 Å². The Morgan fingerprint density at radius 3 is 2.68 bits per heavy atom. The molecule has 0 bridgehead atoms. The lowest BCUT2D eigenvalue weighted by Crippen LogP contribution is -2.29. The van der Waals surface area contributed by atoms with Gasteiger partial charge in [0, 0.05) is 12.1 Å². The molecule has 118 valence electrons. The SMILES string of the molecule is Cc1ccc(-c2n[nH]c(=S)n2CC(=O)NCCC(C)C)cc1. The fraction of sp³-hybridized carbons (Fsp3) is 0.438. The molecule has 1 heterocycles. The molecular formula is C16H22N4OS. The summed E-state index contributed by atoms with van der Waals surface area (Å²) in [5, 5.41) is 9.93. The third-order valence-corrected chi connectivity index (χ3v) is 3.73. The number of hydrogen-bond acceptors (Lipinski definition) is 3. The van der Waals surface area contributed by atoms with Crippen molar-refractivity contribution in [1.82, 2.24) is 20.1 Å². The fourth-order valence-corrected chi connectivity index (χ4v) is 2.28. The van der Waals surface area contributed by atoms with Gasteiger partial charge < -0.3 is 5.32 Å². The van der Waals surface area contributed by atoms with Crippen molar-refractivity contribution >= 4 is 18.1 Å². The number of aromatic amines is 1. The van der Waals surface area contributed by atoms with Crippen LogP contribution in [0, 0.1) is 17.6 Å². The molecule has 0 aliphatic heterocycles. The Morgan fingerprint density at radius 1 is 1.36 bits per heavy atom. The normalized spacial score (nSPS) is 10.9. The van der Waals surface area contributed by atoms with Crippen molar-refractivity contribution in [1.29, 1.82) is 0 Å². The lowest BCUT2D eigenvalue weighted by atomic mass is 10.1. The minimum atomic E-state index is -0.0495. The lowest BCUT2D eigenvalue weighted by Gasteiger charge is -2.09. The smallest absolute Gasteiger partial charge is 0.240 e. The molecule has 22 heavy (non-hydrogen) atoms. The largest absolute Gasteiger partial charge is 0.355 e. The van der Waals surface area contributed by atoms with Crippen LogP contribution in [0.2, 0.25) is 0 Å². The van der Waals surface area contributed by atoms with Crippen molar-refractivity contribution in [2.24, 2.45) is 5.92 Å². The van der Waals surface area contributed by atoms with Crippen LogP contribution in [0.15, 0.2) is 24.3 Å². The molecule has 0 spiro atoms. The number of carbonyl (C=O) groups is 1. The third-order valence-electron chi connectivity index (χ3n) is 3.41. The van der Waals surface area contributed by atoms with Crippen molar-refractivity contribution in [3.8, 4) is 11.4 Å². The van der Waals surface area contributed by atoms with Gasteiger partial charge in [-0.05, 0) is 31.5 Å². The predicted octanol–water partition coefficient (Wildman–Crippen LogP) is 3.08. The second-order valence-electron chi connectivity index (χ2n) is 5.84. The van der Waals surface area contributed by atoms with Gasteiger partial charge in [-0.15, -0.1) is 0 Å². The van der Waals surface area contributed by atoms with E-state index in [1.54, 1.807) is 4.57 Å². The molecule has 0 aliphatic rings. The third kappa shape index (κ3) is 4.27. The van der Waals surface area contributed by atoms with Gasteiger partial charge in [-0.1, -0.05) is 43.7 Å². The molecule has 0 radical (unpaired) electrons. The molecule has 0 aliphatic carbocycles. The van der Waals surface area contributed by atoms with Crippen LogP contribution in [0.3, 0.4) is 0 Å². The van der Waals surface area contributed by atoms with E-state index in [0.717, 1.165) is 12.0 Å². The average molecular weight is 318 g/mol. The van der Waals surface area contributed by atoms with E-state index in [1.807, 2.05) is 31.2 Å². The van der Waals surface area contributed by atoms with Gasteiger partial charge in [0.1, 0.15) is 6.54 Å². The first kappa shape index (κ1) is 16.4. The quantitative estimate of drug-likeness (QED) is 0.805. The maximum Gasteiger partial charge on any atom is 0.240 e. The van der Waals surface area contributed by atoms with Crippen LogP contribution >= 0.6 is 12.2 Å². The van der Waals surface area contributed by atoms with Gasteiger partial charge >= 0.3 is 0 Å². The number of aryl methyl sites for hydroxylation is 1. The second-order valence-corrected chi connectivity index (χ2v) is 6.22. The van der Waals surface area contributed by atoms with Crippen molar-refractivity contribution < 1.29 is 4.79 Å². The Balaban J connectivity index is 2.11. The first-order chi connectivity index (χ1) is 10.5. The molecule has 1 aromatic carbocycles. The molecule has 0 atom stereocenters. The first-order valence-electron chi connectivity index (χ1n) is 7.46. The number of benzene rings is 1. The first-order valence-corrected chi connectivity index (χ1v) is 7.87. The molecule has 2 aromatic rings. The maximum atomic E-state index is 12.1. The van der Waals surface area contributed by atoms with E-state index in [1.165, 1.54) is 5.56 Å². The van der Waals surface area contributed by atoms with Gasteiger partial charge in [-0.25, -0.2) is 0 Å². The molecule has 5 nitrogen and oxygen atoms in total. The summed E-state index contributed by atoms with van der Waals surface area (Å²) in [6.45, 7) is 7.16. The minimum absolute atomic E-state index is 0.0495. The van der Waals surface area contributed by atoms with Crippen molar-refractivity contribution in [2.75, 3.05) is 6.54 Å². The van der Waals surface area contributed by atoms with Gasteiger partial charge in [0.25, 0.3) is 0 Å². The van der Waals surface area contributed by atoms with Gasteiger partial charge in [-0.3, -0.25) is 14.5 Å². The monoisotopic (exact) mass is 318 g/mol. The zero-order valence-corrected chi connectivity index (χ0v) is 14.0. The molecule has 0 fully saturated rings. The van der Waals surface area contributed by atoms with Gasteiger partial charge in [0.15, 0.2) is 10.6 Å². The lowest BCUT2D eigenvalue weighted by molar-refractivity contribution is -0.121. The van der Waals surface area contributed by atoms with Crippen LogP contribution in [0.25, 0.3) is 11.4 Å². The number of aromatic nitrogens is 3. The van der Waals surface area contributed by atoms with Crippen LogP contribution in [0.5, 0.6) is 0 Å². The van der Waals surface area contributed by atoms with E-state index in [-0.39, 0.29) is 12.5 Å². The van der Waals surface area contributed by atoms with E-state index in [9.17, 15) is 4.79 Å². The highest BCUT2D eigenvalue weighted by molar-refractivity contribution is 7.71. The molecule has 6 heteroatoms. The van der Waals surface area contributed by atoms with Crippen LogP contribution in [0.4, 0.5) is 0 Å². The molecule has 1 amide bonds. The minimum Gasteiger partial charge on any atom is -0.355 e. The van der Waals surface area contributed by atoms with Crippen LogP contribution in [-0.2, 0) is 11.3 Å². The highest BCUT2D eigenvalue weighted by Crippen LogP contribution is 2.17. The van der Waals surface area contributed by atoms with Gasteiger partial charge in [-0.2, -0.15) is 5.10 Å². The number of hydrogen-bond donors (Lipinski definition) is 2.